The Morgan fingerprint density at radius 3 is 3.15 bits per heavy atom. The molecule has 0 amide bonds. The van der Waals surface area contributed by atoms with Crippen molar-refractivity contribution in [1.29, 1.82) is 0 Å². The topological polar surface area (TPSA) is 93.0 Å². The Morgan fingerprint density at radius 1 is 1.85 bits per heavy atom. The minimum atomic E-state index is -0.317. The number of aromatic nitrogens is 2. The van der Waals surface area contributed by atoms with Gasteiger partial charge in [0.15, 0.2) is 0 Å². The van der Waals surface area contributed by atoms with Crippen molar-refractivity contribution in [2.24, 2.45) is 0 Å². The van der Waals surface area contributed by atoms with E-state index in [0.717, 1.165) is 0 Å². The van der Waals surface area contributed by atoms with Gasteiger partial charge in [-0.25, -0.2) is 0 Å². The zero-order valence-electron chi connectivity index (χ0n) is 7.33. The third-order valence-electron chi connectivity index (χ3n) is 1.40. The summed E-state index contributed by atoms with van der Waals surface area (Å²) in [5, 5.41) is 9.00. The highest BCUT2D eigenvalue weighted by molar-refractivity contribution is 5.76. The first-order valence-corrected chi connectivity index (χ1v) is 3.92. The number of rotatable bonds is 4. The summed E-state index contributed by atoms with van der Waals surface area (Å²) in [6, 6.07) is 0. The largest absolute Gasteiger partial charge is 0.465 e. The number of H-pyrrole nitrogens is 1. The first-order valence-electron chi connectivity index (χ1n) is 3.92. The van der Waals surface area contributed by atoms with Crippen LogP contribution < -0.4 is 11.1 Å². The number of anilines is 2. The Kier molecular flexibility index (Phi) is 3.13. The van der Waals surface area contributed by atoms with Crippen LogP contribution in [0.1, 0.15) is 6.92 Å². The van der Waals surface area contributed by atoms with Crippen LogP contribution in [0.2, 0.25) is 0 Å². The molecule has 1 rings (SSSR count). The molecule has 0 aliphatic carbocycles. The highest BCUT2D eigenvalue weighted by Gasteiger charge is 2.04. The van der Waals surface area contributed by atoms with Crippen molar-refractivity contribution in [1.82, 2.24) is 10.2 Å². The van der Waals surface area contributed by atoms with E-state index in [2.05, 4.69) is 15.5 Å². The van der Waals surface area contributed by atoms with Crippen molar-refractivity contribution < 1.29 is 9.53 Å². The average molecular weight is 184 g/mol. The fourth-order valence-electron chi connectivity index (χ4n) is 0.816. The predicted octanol–water partition coefficient (Wildman–Crippen LogP) is -0.0331. The molecular formula is C7H12N4O2. The van der Waals surface area contributed by atoms with Crippen LogP contribution in [-0.2, 0) is 9.53 Å². The second-order valence-corrected chi connectivity index (χ2v) is 2.36. The molecule has 1 aromatic rings. The molecule has 0 radical (unpaired) electrons. The van der Waals surface area contributed by atoms with Gasteiger partial charge in [-0.05, 0) is 6.92 Å². The van der Waals surface area contributed by atoms with Crippen LogP contribution in [-0.4, -0.2) is 29.3 Å². The summed E-state index contributed by atoms with van der Waals surface area (Å²) in [4.78, 5) is 10.9. The number of hydrogen-bond donors (Lipinski definition) is 3. The van der Waals surface area contributed by atoms with Gasteiger partial charge in [0.1, 0.15) is 12.4 Å². The van der Waals surface area contributed by atoms with Crippen molar-refractivity contribution >= 4 is 17.5 Å². The Bertz CT molecular complexity index is 284. The maximum atomic E-state index is 10.9. The zero-order valence-corrected chi connectivity index (χ0v) is 7.33. The summed E-state index contributed by atoms with van der Waals surface area (Å²) in [5.41, 5.74) is 6.07. The second-order valence-electron chi connectivity index (χ2n) is 2.36. The standard InChI is InChI=1S/C7H12N4O2/c1-2-13-6(12)4-9-5-3-10-11-7(5)8/h3,9H,2,4H2,1H3,(H3,8,10,11). The maximum absolute atomic E-state index is 10.9. The molecule has 0 bridgehead atoms. The Hall–Kier alpha value is -1.72. The second kappa shape index (κ2) is 4.34. The van der Waals surface area contributed by atoms with Crippen molar-refractivity contribution in [2.75, 3.05) is 24.2 Å². The summed E-state index contributed by atoms with van der Waals surface area (Å²) < 4.78 is 4.71. The lowest BCUT2D eigenvalue weighted by Crippen LogP contribution is -2.16. The highest BCUT2D eigenvalue weighted by Crippen LogP contribution is 2.11. The molecule has 6 heteroatoms. The molecule has 0 spiro atoms. The maximum Gasteiger partial charge on any atom is 0.325 e. The van der Waals surface area contributed by atoms with Crippen molar-refractivity contribution in [3.63, 3.8) is 0 Å². The highest BCUT2D eigenvalue weighted by atomic mass is 16.5. The first-order chi connectivity index (χ1) is 6.24. The van der Waals surface area contributed by atoms with Crippen molar-refractivity contribution in [2.45, 2.75) is 6.92 Å². The minimum Gasteiger partial charge on any atom is -0.465 e. The van der Waals surface area contributed by atoms with E-state index in [1.807, 2.05) is 0 Å². The summed E-state index contributed by atoms with van der Waals surface area (Å²) in [6.45, 7) is 2.23. The number of nitrogens with zero attached hydrogens (tertiary/aromatic N) is 1. The molecule has 72 valence electrons. The fourth-order valence-corrected chi connectivity index (χ4v) is 0.816. The third kappa shape index (κ3) is 2.66. The number of nitrogens with two attached hydrogens (primary N) is 1. The van der Waals surface area contributed by atoms with Crippen LogP contribution in [0.3, 0.4) is 0 Å². The number of carbonyl (C=O) groups excluding carboxylic acids is 1. The molecule has 0 fully saturated rings. The smallest absolute Gasteiger partial charge is 0.325 e. The van der Waals surface area contributed by atoms with Gasteiger partial charge in [-0.3, -0.25) is 9.89 Å². The molecule has 0 aromatic carbocycles. The molecule has 4 N–H and O–H groups in total. The van der Waals surface area contributed by atoms with E-state index >= 15 is 0 Å². The summed E-state index contributed by atoms with van der Waals surface area (Å²) in [6.07, 6.45) is 1.51. The lowest BCUT2D eigenvalue weighted by molar-refractivity contribution is -0.140. The molecule has 0 unspecified atom stereocenters. The van der Waals surface area contributed by atoms with E-state index < -0.39 is 0 Å². The van der Waals surface area contributed by atoms with E-state index in [1.165, 1.54) is 6.20 Å². The van der Waals surface area contributed by atoms with Crippen LogP contribution in [0.5, 0.6) is 0 Å². The quantitative estimate of drug-likeness (QED) is 0.571. The van der Waals surface area contributed by atoms with Gasteiger partial charge in [-0.2, -0.15) is 5.10 Å². The van der Waals surface area contributed by atoms with Crippen LogP contribution >= 0.6 is 0 Å². The van der Waals surface area contributed by atoms with Gasteiger partial charge in [0.05, 0.1) is 18.5 Å². The molecule has 1 aromatic heterocycles. The van der Waals surface area contributed by atoms with E-state index in [4.69, 9.17) is 10.5 Å². The molecule has 0 saturated carbocycles. The number of carbonyl (C=O) groups is 1. The van der Waals surface area contributed by atoms with Gasteiger partial charge in [0.25, 0.3) is 0 Å². The van der Waals surface area contributed by atoms with Crippen LogP contribution in [0, 0.1) is 0 Å². The Morgan fingerprint density at radius 2 is 2.62 bits per heavy atom. The zero-order chi connectivity index (χ0) is 9.68. The van der Waals surface area contributed by atoms with Gasteiger partial charge in [-0.15, -0.1) is 0 Å². The van der Waals surface area contributed by atoms with E-state index in [-0.39, 0.29) is 12.5 Å². The predicted molar refractivity (Wildman–Crippen MR) is 48.1 cm³/mol. The Labute approximate surface area is 75.5 Å². The van der Waals surface area contributed by atoms with Gasteiger partial charge in [0, 0.05) is 0 Å². The van der Waals surface area contributed by atoms with E-state index in [1.54, 1.807) is 6.92 Å². The van der Waals surface area contributed by atoms with E-state index in [9.17, 15) is 4.79 Å². The third-order valence-corrected chi connectivity index (χ3v) is 1.40. The number of ether oxygens (including phenoxy) is 1. The molecule has 6 nitrogen and oxygen atoms in total. The summed E-state index contributed by atoms with van der Waals surface area (Å²) in [7, 11) is 0. The number of hydrogen-bond acceptors (Lipinski definition) is 5. The van der Waals surface area contributed by atoms with E-state index in [0.29, 0.717) is 18.1 Å². The average Bonchev–Trinajstić information content (AvgIpc) is 2.48. The summed E-state index contributed by atoms with van der Waals surface area (Å²) in [5.74, 6) is 0.0902. The number of aromatic amines is 1. The number of esters is 1. The molecule has 13 heavy (non-hydrogen) atoms. The molecule has 0 aliphatic heterocycles. The lowest BCUT2D eigenvalue weighted by atomic mass is 10.5. The first kappa shape index (κ1) is 9.37. The molecule has 1 heterocycles. The Balaban J connectivity index is 2.35. The van der Waals surface area contributed by atoms with Crippen LogP contribution in [0.15, 0.2) is 6.20 Å². The molecule has 0 saturated heterocycles. The van der Waals surface area contributed by atoms with Crippen LogP contribution in [0.4, 0.5) is 11.5 Å². The monoisotopic (exact) mass is 184 g/mol. The van der Waals surface area contributed by atoms with Gasteiger partial charge >= 0.3 is 5.97 Å². The van der Waals surface area contributed by atoms with Crippen molar-refractivity contribution in [3.8, 4) is 0 Å². The van der Waals surface area contributed by atoms with Crippen molar-refractivity contribution in [3.05, 3.63) is 6.20 Å². The van der Waals surface area contributed by atoms with Gasteiger partial charge in [0.2, 0.25) is 0 Å². The van der Waals surface area contributed by atoms with Gasteiger partial charge in [-0.1, -0.05) is 0 Å². The van der Waals surface area contributed by atoms with Gasteiger partial charge < -0.3 is 15.8 Å². The summed E-state index contributed by atoms with van der Waals surface area (Å²) >= 11 is 0. The molecular weight excluding hydrogens is 172 g/mol. The lowest BCUT2D eigenvalue weighted by Gasteiger charge is -2.03. The minimum absolute atomic E-state index is 0.0948. The fraction of sp³-hybridized carbons (Fsp3) is 0.429. The molecule has 0 aliphatic rings. The SMILES string of the molecule is CCOC(=O)CNc1cn[nH]c1N. The van der Waals surface area contributed by atoms with Crippen LogP contribution in [0.25, 0.3) is 0 Å². The number of nitrogens with one attached hydrogen (secondary N) is 2. The number of nitrogen functional groups attached to an aromatic ring is 1. The molecule has 0 atom stereocenters. The normalized spacial score (nSPS) is 9.62.